The molecule has 0 radical (unpaired) electrons. The second-order valence-corrected chi connectivity index (χ2v) is 20.2. The van der Waals surface area contributed by atoms with Crippen LogP contribution in [0.15, 0.2) is 224 Å². The molecule has 59 heavy (non-hydrogen) atoms. The minimum atomic E-state index is -2.59. The zero-order valence-electron chi connectivity index (χ0n) is 33.3. The minimum Gasteiger partial charge on any atom is -0.310 e. The van der Waals surface area contributed by atoms with Crippen LogP contribution in [0, 0.1) is 0 Å². The highest BCUT2D eigenvalue weighted by Crippen LogP contribution is 2.50. The standard InChI is InChI=1S/C57H43NSi/c1-57(2)53-24-14-12-22-49(53)50-37-35-46(39-54(50)57)58(44-31-26-41(27-32-44)40-16-6-3-7-17-40)45-33-28-42(29-34-45)43-30-36-52-51-23-13-15-25-55(51)59(56(52)38-43,47-18-8-4-9-19-47)48-20-10-5-11-21-48/h3-39H,1-2H3. The van der Waals surface area contributed by atoms with Crippen molar-refractivity contribution in [3.63, 3.8) is 0 Å². The van der Waals surface area contributed by atoms with Crippen LogP contribution < -0.4 is 25.6 Å². The lowest BCUT2D eigenvalue weighted by atomic mass is 9.82. The molecule has 0 amide bonds. The van der Waals surface area contributed by atoms with E-state index in [-0.39, 0.29) is 5.41 Å². The zero-order chi connectivity index (χ0) is 39.6. The zero-order valence-corrected chi connectivity index (χ0v) is 34.3. The second-order valence-electron chi connectivity index (χ2n) is 16.5. The van der Waals surface area contributed by atoms with Gasteiger partial charge in [0.25, 0.3) is 0 Å². The topological polar surface area (TPSA) is 3.24 Å². The molecule has 0 N–H and O–H groups in total. The van der Waals surface area contributed by atoms with Gasteiger partial charge in [-0.15, -0.1) is 0 Å². The molecule has 0 aromatic heterocycles. The number of anilines is 3. The molecule has 9 aromatic carbocycles. The van der Waals surface area contributed by atoms with Crippen molar-refractivity contribution in [1.29, 1.82) is 0 Å². The van der Waals surface area contributed by atoms with Crippen LogP contribution in [0.1, 0.15) is 25.0 Å². The number of fused-ring (bicyclic) bond motifs is 6. The van der Waals surface area contributed by atoms with Crippen LogP contribution in [0.5, 0.6) is 0 Å². The molecular formula is C57H43NSi. The smallest absolute Gasteiger partial charge is 0.180 e. The lowest BCUT2D eigenvalue weighted by Gasteiger charge is -2.31. The molecule has 1 nitrogen and oxygen atoms in total. The molecule has 0 unspecified atom stereocenters. The Bertz CT molecular complexity index is 2950. The van der Waals surface area contributed by atoms with E-state index in [9.17, 15) is 0 Å². The fourth-order valence-electron chi connectivity index (χ4n) is 10.1. The molecule has 1 heterocycles. The maximum absolute atomic E-state index is 2.59. The Hall–Kier alpha value is -7.00. The SMILES string of the molecule is CC1(C)c2ccccc2-c2ccc(N(c3ccc(-c4ccccc4)cc3)c3ccc(-c4ccc5c(c4)[Si](c4ccccc4)(c4ccccc4)c4ccccc4-5)cc3)cc21. The Morgan fingerprint density at radius 1 is 0.322 bits per heavy atom. The summed E-state index contributed by atoms with van der Waals surface area (Å²) in [5.41, 5.74) is 16.3. The first-order valence-electron chi connectivity index (χ1n) is 20.7. The third-order valence-electron chi connectivity index (χ3n) is 13.0. The molecule has 1 aliphatic carbocycles. The second kappa shape index (κ2) is 13.8. The van der Waals surface area contributed by atoms with E-state index in [1.807, 2.05) is 0 Å². The average Bonchev–Trinajstić information content (AvgIpc) is 3.73. The van der Waals surface area contributed by atoms with Crippen LogP contribution in [-0.4, -0.2) is 8.07 Å². The van der Waals surface area contributed by atoms with Gasteiger partial charge in [-0.1, -0.05) is 202 Å². The summed E-state index contributed by atoms with van der Waals surface area (Å²) in [5.74, 6) is 0. The largest absolute Gasteiger partial charge is 0.310 e. The highest BCUT2D eigenvalue weighted by molar-refractivity contribution is 7.22. The number of hydrogen-bond acceptors (Lipinski definition) is 1. The predicted molar refractivity (Wildman–Crippen MR) is 252 cm³/mol. The quantitative estimate of drug-likeness (QED) is 0.146. The van der Waals surface area contributed by atoms with Gasteiger partial charge in [0.2, 0.25) is 0 Å². The van der Waals surface area contributed by atoms with Crippen molar-refractivity contribution < 1.29 is 0 Å². The number of hydrogen-bond donors (Lipinski definition) is 0. The third kappa shape index (κ3) is 5.51. The van der Waals surface area contributed by atoms with Crippen molar-refractivity contribution in [2.75, 3.05) is 4.90 Å². The van der Waals surface area contributed by atoms with Crippen LogP contribution in [0.2, 0.25) is 0 Å². The van der Waals surface area contributed by atoms with E-state index < -0.39 is 8.07 Å². The summed E-state index contributed by atoms with van der Waals surface area (Å²) in [4.78, 5) is 2.42. The number of rotatable bonds is 7. The highest BCUT2D eigenvalue weighted by atomic mass is 28.3. The Morgan fingerprint density at radius 2 is 0.763 bits per heavy atom. The van der Waals surface area contributed by atoms with E-state index in [2.05, 4.69) is 243 Å². The Kier molecular flexibility index (Phi) is 8.25. The van der Waals surface area contributed by atoms with Gasteiger partial charge in [-0.3, -0.25) is 0 Å². The summed E-state index contributed by atoms with van der Waals surface area (Å²) in [6.45, 7) is 4.72. The molecule has 2 heteroatoms. The normalized spacial score (nSPS) is 13.9. The van der Waals surface area contributed by atoms with E-state index in [1.165, 1.54) is 76.4 Å². The van der Waals surface area contributed by atoms with Gasteiger partial charge in [-0.2, -0.15) is 0 Å². The summed E-state index contributed by atoms with van der Waals surface area (Å²) < 4.78 is 0. The first kappa shape index (κ1) is 35.2. The minimum absolute atomic E-state index is 0.0973. The summed E-state index contributed by atoms with van der Waals surface area (Å²) in [6, 6.07) is 83.7. The molecule has 0 saturated heterocycles. The molecule has 9 aromatic rings. The van der Waals surface area contributed by atoms with E-state index in [4.69, 9.17) is 0 Å². The monoisotopic (exact) mass is 769 g/mol. The first-order valence-corrected chi connectivity index (χ1v) is 22.7. The first-order chi connectivity index (χ1) is 29.0. The van der Waals surface area contributed by atoms with Gasteiger partial charge < -0.3 is 4.90 Å². The maximum atomic E-state index is 2.51. The Balaban J connectivity index is 1.03. The van der Waals surface area contributed by atoms with Crippen molar-refractivity contribution in [2.45, 2.75) is 19.3 Å². The van der Waals surface area contributed by atoms with E-state index in [0.717, 1.165) is 17.1 Å². The fraction of sp³-hybridized carbons (Fsp3) is 0.0526. The summed E-state index contributed by atoms with van der Waals surface area (Å²) in [7, 11) is -2.59. The van der Waals surface area contributed by atoms with Gasteiger partial charge in [0.05, 0.1) is 0 Å². The third-order valence-corrected chi connectivity index (χ3v) is 17.8. The van der Waals surface area contributed by atoms with E-state index in [1.54, 1.807) is 0 Å². The van der Waals surface area contributed by atoms with Crippen LogP contribution in [0.4, 0.5) is 17.1 Å². The maximum Gasteiger partial charge on any atom is 0.180 e. The van der Waals surface area contributed by atoms with Crippen molar-refractivity contribution in [3.05, 3.63) is 236 Å². The van der Waals surface area contributed by atoms with Crippen molar-refractivity contribution in [1.82, 2.24) is 0 Å². The number of nitrogens with zero attached hydrogens (tertiary/aromatic N) is 1. The Morgan fingerprint density at radius 3 is 1.41 bits per heavy atom. The van der Waals surface area contributed by atoms with Crippen molar-refractivity contribution in [2.24, 2.45) is 0 Å². The summed E-state index contributed by atoms with van der Waals surface area (Å²) in [5, 5.41) is 5.76. The molecule has 11 rings (SSSR count). The lowest BCUT2D eigenvalue weighted by molar-refractivity contribution is 0.660. The van der Waals surface area contributed by atoms with E-state index >= 15 is 0 Å². The predicted octanol–water partition coefficient (Wildman–Crippen LogP) is 12.2. The lowest BCUT2D eigenvalue weighted by Crippen LogP contribution is -2.72. The van der Waals surface area contributed by atoms with Crippen LogP contribution in [0.25, 0.3) is 44.5 Å². The van der Waals surface area contributed by atoms with Gasteiger partial charge in [-0.05, 0) is 113 Å². The van der Waals surface area contributed by atoms with Gasteiger partial charge in [0.1, 0.15) is 0 Å². The molecule has 280 valence electrons. The van der Waals surface area contributed by atoms with Gasteiger partial charge in [-0.25, -0.2) is 0 Å². The highest BCUT2D eigenvalue weighted by Gasteiger charge is 2.48. The molecule has 0 spiro atoms. The van der Waals surface area contributed by atoms with Gasteiger partial charge in [0.15, 0.2) is 8.07 Å². The molecule has 0 bridgehead atoms. The van der Waals surface area contributed by atoms with Gasteiger partial charge in [0, 0.05) is 22.5 Å². The summed E-state index contributed by atoms with van der Waals surface area (Å²) >= 11 is 0. The molecular weight excluding hydrogens is 727 g/mol. The van der Waals surface area contributed by atoms with Crippen LogP contribution >= 0.6 is 0 Å². The molecule has 0 fully saturated rings. The van der Waals surface area contributed by atoms with E-state index in [0.29, 0.717) is 0 Å². The molecule has 0 saturated carbocycles. The van der Waals surface area contributed by atoms with Crippen LogP contribution in [-0.2, 0) is 5.41 Å². The fourth-order valence-corrected chi connectivity index (χ4v) is 15.4. The molecule has 0 atom stereocenters. The summed E-state index contributed by atoms with van der Waals surface area (Å²) in [6.07, 6.45) is 0. The van der Waals surface area contributed by atoms with Crippen LogP contribution in [0.3, 0.4) is 0 Å². The van der Waals surface area contributed by atoms with Crippen molar-refractivity contribution in [3.8, 4) is 44.5 Å². The average molecular weight is 770 g/mol. The Labute approximate surface area is 348 Å². The van der Waals surface area contributed by atoms with Gasteiger partial charge >= 0.3 is 0 Å². The van der Waals surface area contributed by atoms with Crippen molar-refractivity contribution >= 4 is 45.9 Å². The number of benzene rings is 9. The molecule has 2 aliphatic rings. The molecule has 1 aliphatic heterocycles.